The van der Waals surface area contributed by atoms with Gasteiger partial charge < -0.3 is 0 Å². The molecule has 1 aliphatic heterocycles. The number of rotatable bonds is 3. The van der Waals surface area contributed by atoms with Crippen LogP contribution in [0.5, 0.6) is 0 Å². The zero-order valence-electron chi connectivity index (χ0n) is 10.0. The Labute approximate surface area is 103 Å². The molecule has 1 saturated heterocycles. The summed E-state index contributed by atoms with van der Waals surface area (Å²) in [7, 11) is 0. The molecular weight excluding hydrogens is 233 g/mol. The molecule has 0 aromatic rings. The molecule has 4 heteroatoms. The average molecular weight is 254 g/mol. The van der Waals surface area contributed by atoms with Gasteiger partial charge in [-0.25, -0.2) is 0 Å². The van der Waals surface area contributed by atoms with Gasteiger partial charge in [-0.15, -0.1) is 11.6 Å². The van der Waals surface area contributed by atoms with Crippen molar-refractivity contribution in [3.05, 3.63) is 0 Å². The predicted molar refractivity (Wildman–Crippen MR) is 65.3 cm³/mol. The molecule has 0 aromatic heterocycles. The first kappa shape index (κ1) is 13.6. The van der Waals surface area contributed by atoms with E-state index in [1.807, 2.05) is 5.06 Å². The first-order valence-corrected chi connectivity index (χ1v) is 6.44. The molecule has 0 spiro atoms. The molecule has 1 atom stereocenters. The predicted octanol–water partition coefficient (Wildman–Crippen LogP) is 3.76. The Bertz CT molecular complexity index is 203. The highest BCUT2D eigenvalue weighted by Crippen LogP contribution is 2.39. The second-order valence-corrected chi connectivity index (χ2v) is 6.24. The third-order valence-corrected chi connectivity index (χ3v) is 3.69. The van der Waals surface area contributed by atoms with E-state index in [2.05, 4.69) is 27.7 Å². The van der Waals surface area contributed by atoms with Crippen LogP contribution in [0.15, 0.2) is 0 Å². The van der Waals surface area contributed by atoms with Crippen LogP contribution in [0.3, 0.4) is 0 Å². The van der Waals surface area contributed by atoms with Gasteiger partial charge in [-0.2, -0.15) is 5.06 Å². The van der Waals surface area contributed by atoms with Crippen molar-refractivity contribution < 1.29 is 4.84 Å². The topological polar surface area (TPSA) is 12.5 Å². The first-order chi connectivity index (χ1) is 6.79. The van der Waals surface area contributed by atoms with Crippen molar-refractivity contribution in [1.29, 1.82) is 0 Å². The molecule has 0 aromatic carbocycles. The summed E-state index contributed by atoms with van der Waals surface area (Å²) in [6, 6.07) is 0. The highest BCUT2D eigenvalue weighted by atomic mass is 35.5. The third kappa shape index (κ3) is 3.23. The Balaban J connectivity index is 2.77. The fraction of sp³-hybridized carbons (Fsp3) is 1.00. The second kappa shape index (κ2) is 4.79. The van der Waals surface area contributed by atoms with Crippen LogP contribution < -0.4 is 0 Å². The van der Waals surface area contributed by atoms with Crippen LogP contribution in [0, 0.1) is 0 Å². The highest BCUT2D eigenvalue weighted by molar-refractivity contribution is 6.27. The van der Waals surface area contributed by atoms with Gasteiger partial charge in [0.15, 0.2) is 5.56 Å². The van der Waals surface area contributed by atoms with Crippen molar-refractivity contribution in [3.63, 3.8) is 0 Å². The molecule has 1 rings (SSSR count). The van der Waals surface area contributed by atoms with Gasteiger partial charge in [0.1, 0.15) is 0 Å². The van der Waals surface area contributed by atoms with Crippen LogP contribution in [0.1, 0.15) is 47.0 Å². The molecule has 0 aliphatic carbocycles. The van der Waals surface area contributed by atoms with E-state index in [1.54, 1.807) is 0 Å². The largest absolute Gasteiger partial charge is 0.277 e. The second-order valence-electron chi connectivity index (χ2n) is 5.44. The fourth-order valence-electron chi connectivity index (χ4n) is 2.40. The van der Waals surface area contributed by atoms with Gasteiger partial charge in [-0.1, -0.05) is 11.6 Å². The lowest BCUT2D eigenvalue weighted by Gasteiger charge is -2.51. The van der Waals surface area contributed by atoms with E-state index in [0.717, 1.165) is 12.8 Å². The Morgan fingerprint density at radius 2 is 1.67 bits per heavy atom. The minimum Gasteiger partial charge on any atom is -0.277 e. The minimum atomic E-state index is -0.441. The van der Waals surface area contributed by atoms with Crippen LogP contribution in [0.2, 0.25) is 0 Å². The molecule has 90 valence electrons. The smallest absolute Gasteiger partial charge is 0.166 e. The summed E-state index contributed by atoms with van der Waals surface area (Å²) in [5.74, 6) is 0.310. The van der Waals surface area contributed by atoms with Crippen molar-refractivity contribution in [2.45, 2.75) is 63.6 Å². The van der Waals surface area contributed by atoms with Crippen LogP contribution in [0.25, 0.3) is 0 Å². The van der Waals surface area contributed by atoms with E-state index < -0.39 is 5.56 Å². The fourth-order valence-corrected chi connectivity index (χ4v) is 2.54. The minimum absolute atomic E-state index is 0.0287. The number of piperidine rings is 1. The summed E-state index contributed by atoms with van der Waals surface area (Å²) >= 11 is 11.6. The zero-order chi connectivity index (χ0) is 11.7. The van der Waals surface area contributed by atoms with Gasteiger partial charge in [0, 0.05) is 11.1 Å². The normalized spacial score (nSPS) is 27.6. The zero-order valence-corrected chi connectivity index (χ0v) is 11.5. The van der Waals surface area contributed by atoms with Crippen LogP contribution in [-0.2, 0) is 4.84 Å². The molecule has 2 nitrogen and oxygen atoms in total. The molecule has 1 unspecified atom stereocenters. The van der Waals surface area contributed by atoms with Crippen LogP contribution in [0.4, 0.5) is 0 Å². The van der Waals surface area contributed by atoms with E-state index in [1.165, 1.54) is 6.42 Å². The quantitative estimate of drug-likeness (QED) is 0.711. The van der Waals surface area contributed by atoms with Gasteiger partial charge in [-0.3, -0.25) is 4.84 Å². The molecular formula is C11H21Cl2NO. The van der Waals surface area contributed by atoms with E-state index in [4.69, 9.17) is 28.0 Å². The molecule has 0 bridgehead atoms. The maximum Gasteiger partial charge on any atom is 0.166 e. The summed E-state index contributed by atoms with van der Waals surface area (Å²) in [5, 5.41) is 2.03. The first-order valence-electron chi connectivity index (χ1n) is 5.47. The third-order valence-electron chi connectivity index (χ3n) is 3.02. The highest BCUT2D eigenvalue weighted by Gasteiger charge is 2.43. The van der Waals surface area contributed by atoms with Crippen molar-refractivity contribution in [1.82, 2.24) is 5.06 Å². The van der Waals surface area contributed by atoms with Crippen molar-refractivity contribution in [3.8, 4) is 0 Å². The lowest BCUT2D eigenvalue weighted by atomic mass is 9.82. The lowest BCUT2D eigenvalue weighted by Crippen LogP contribution is -2.59. The summed E-state index contributed by atoms with van der Waals surface area (Å²) in [6.07, 6.45) is 3.48. The molecule has 15 heavy (non-hydrogen) atoms. The Morgan fingerprint density at radius 3 is 2.07 bits per heavy atom. The summed E-state index contributed by atoms with van der Waals surface area (Å²) in [6.45, 7) is 8.75. The van der Waals surface area contributed by atoms with Crippen molar-refractivity contribution in [2.75, 3.05) is 5.88 Å². The van der Waals surface area contributed by atoms with E-state index in [-0.39, 0.29) is 11.1 Å². The molecule has 0 N–H and O–H groups in total. The average Bonchev–Trinajstić information content (AvgIpc) is 2.10. The molecule has 1 aliphatic rings. The van der Waals surface area contributed by atoms with Gasteiger partial charge >= 0.3 is 0 Å². The number of halogens is 2. The molecule has 0 amide bonds. The molecule has 0 radical (unpaired) electrons. The van der Waals surface area contributed by atoms with Gasteiger partial charge in [0.25, 0.3) is 0 Å². The molecule has 1 heterocycles. The number of nitrogens with zero attached hydrogens (tertiary/aromatic N) is 1. The van der Waals surface area contributed by atoms with E-state index in [0.29, 0.717) is 5.88 Å². The summed E-state index contributed by atoms with van der Waals surface area (Å²) < 4.78 is 0. The van der Waals surface area contributed by atoms with Gasteiger partial charge in [-0.05, 0) is 47.0 Å². The Hall–Kier alpha value is 0.500. The maximum atomic E-state index is 5.96. The molecule has 0 saturated carbocycles. The van der Waals surface area contributed by atoms with Crippen molar-refractivity contribution in [2.24, 2.45) is 0 Å². The number of hydrogen-bond acceptors (Lipinski definition) is 2. The number of hydrogen-bond donors (Lipinski definition) is 0. The lowest BCUT2D eigenvalue weighted by molar-refractivity contribution is -0.286. The Kier molecular flexibility index (Phi) is 4.33. The summed E-state index contributed by atoms with van der Waals surface area (Å²) in [4.78, 5) is 5.74. The maximum absolute atomic E-state index is 5.96. The van der Waals surface area contributed by atoms with Gasteiger partial charge in [0.2, 0.25) is 0 Å². The monoisotopic (exact) mass is 253 g/mol. The standard InChI is InChI=1S/C11H21Cl2NO/c1-10(2)6-5-7-11(3,4)14(10)15-9(13)8-12/h9H,5-8H2,1-4H3. The Morgan fingerprint density at radius 1 is 1.20 bits per heavy atom. The number of hydroxylamine groups is 2. The van der Waals surface area contributed by atoms with E-state index in [9.17, 15) is 0 Å². The van der Waals surface area contributed by atoms with Crippen LogP contribution in [-0.4, -0.2) is 27.6 Å². The van der Waals surface area contributed by atoms with E-state index >= 15 is 0 Å². The SMILES string of the molecule is CC1(C)CCCC(C)(C)N1OC(Cl)CCl. The van der Waals surface area contributed by atoms with Gasteiger partial charge in [0.05, 0.1) is 5.88 Å². The number of alkyl halides is 2. The van der Waals surface area contributed by atoms with Crippen molar-refractivity contribution >= 4 is 23.2 Å². The molecule has 1 fully saturated rings. The van der Waals surface area contributed by atoms with Crippen LogP contribution >= 0.6 is 23.2 Å². The summed E-state index contributed by atoms with van der Waals surface area (Å²) in [5.41, 5.74) is -0.384.